The highest BCUT2D eigenvalue weighted by molar-refractivity contribution is 5.81. The van der Waals surface area contributed by atoms with Gasteiger partial charge in [-0.05, 0) is 25.3 Å². The van der Waals surface area contributed by atoms with Crippen LogP contribution < -0.4 is 4.90 Å². The van der Waals surface area contributed by atoms with E-state index < -0.39 is 0 Å². The van der Waals surface area contributed by atoms with E-state index in [0.717, 1.165) is 31.5 Å². The molecule has 1 saturated heterocycles. The molecular formula is C16H22N6O. The number of rotatable bonds is 5. The summed E-state index contributed by atoms with van der Waals surface area (Å²) in [5, 5.41) is 4.33. The van der Waals surface area contributed by atoms with Crippen molar-refractivity contribution in [3.05, 3.63) is 36.5 Å². The minimum Gasteiger partial charge on any atom is -0.349 e. The number of hydrogen-bond donors (Lipinski definition) is 0. The first-order chi connectivity index (χ1) is 11.1. The van der Waals surface area contributed by atoms with Crippen LogP contribution in [0.15, 0.2) is 31.0 Å². The Balaban J connectivity index is 1.61. The smallest absolute Gasteiger partial charge is 0.242 e. The fraction of sp³-hybridized carbons (Fsp3) is 0.500. The predicted molar refractivity (Wildman–Crippen MR) is 87.0 cm³/mol. The molecule has 0 aliphatic carbocycles. The van der Waals surface area contributed by atoms with Gasteiger partial charge in [-0.2, -0.15) is 5.10 Å². The summed E-state index contributed by atoms with van der Waals surface area (Å²) >= 11 is 0. The zero-order valence-corrected chi connectivity index (χ0v) is 13.6. The van der Waals surface area contributed by atoms with Crippen LogP contribution in [0.2, 0.25) is 0 Å². The summed E-state index contributed by atoms with van der Waals surface area (Å²) in [6.45, 7) is 3.91. The largest absolute Gasteiger partial charge is 0.349 e. The fourth-order valence-corrected chi connectivity index (χ4v) is 3.00. The van der Waals surface area contributed by atoms with Crippen molar-refractivity contribution in [3.63, 3.8) is 0 Å². The first-order valence-corrected chi connectivity index (χ1v) is 7.89. The predicted octanol–water partition coefficient (Wildman–Crippen LogP) is 1.11. The number of amides is 1. The summed E-state index contributed by atoms with van der Waals surface area (Å²) in [6.07, 6.45) is 10.9. The number of hydrogen-bond acceptors (Lipinski definition) is 5. The molecule has 0 aromatic carbocycles. The molecule has 1 amide bonds. The molecule has 7 heteroatoms. The van der Waals surface area contributed by atoms with Crippen molar-refractivity contribution in [1.29, 1.82) is 0 Å². The van der Waals surface area contributed by atoms with E-state index in [9.17, 15) is 4.79 Å². The molecule has 3 heterocycles. The number of carbonyl (C=O) groups is 1. The minimum absolute atomic E-state index is 0.129. The van der Waals surface area contributed by atoms with Crippen LogP contribution in [0.4, 0.5) is 5.82 Å². The van der Waals surface area contributed by atoms with Gasteiger partial charge in [-0.25, -0.2) is 4.98 Å². The Hall–Kier alpha value is -2.44. The lowest BCUT2D eigenvalue weighted by atomic mass is 10.2. The molecule has 2 aromatic heterocycles. The Morgan fingerprint density at radius 2 is 2.26 bits per heavy atom. The van der Waals surface area contributed by atoms with E-state index in [1.807, 2.05) is 40.8 Å². The topological polar surface area (TPSA) is 67.2 Å². The maximum atomic E-state index is 12.6. The van der Waals surface area contributed by atoms with Crippen LogP contribution in [0.25, 0.3) is 0 Å². The van der Waals surface area contributed by atoms with Crippen LogP contribution in [0, 0.1) is 6.92 Å². The highest BCUT2D eigenvalue weighted by Crippen LogP contribution is 2.19. The maximum absolute atomic E-state index is 12.6. The maximum Gasteiger partial charge on any atom is 0.242 e. The van der Waals surface area contributed by atoms with Gasteiger partial charge in [-0.15, -0.1) is 0 Å². The Morgan fingerprint density at radius 3 is 2.96 bits per heavy atom. The number of aryl methyl sites for hydroxylation is 1. The number of likely N-dealkylation sites (N-methyl/N-ethyl adjacent to an activating group) is 1. The number of aromatic nitrogens is 4. The highest BCUT2D eigenvalue weighted by atomic mass is 16.2. The molecule has 1 aliphatic heterocycles. The Bertz CT molecular complexity index is 656. The van der Waals surface area contributed by atoms with Gasteiger partial charge in [0.25, 0.3) is 0 Å². The van der Waals surface area contributed by atoms with Gasteiger partial charge in [0.05, 0.1) is 31.5 Å². The monoisotopic (exact) mass is 314 g/mol. The second kappa shape index (κ2) is 6.76. The fourth-order valence-electron chi connectivity index (χ4n) is 3.00. The minimum atomic E-state index is 0.129. The second-order valence-corrected chi connectivity index (χ2v) is 6.04. The molecule has 23 heavy (non-hydrogen) atoms. The molecule has 0 N–H and O–H groups in total. The molecule has 0 saturated carbocycles. The summed E-state index contributed by atoms with van der Waals surface area (Å²) in [5.74, 6) is 0.837. The molecule has 2 aromatic rings. The summed E-state index contributed by atoms with van der Waals surface area (Å²) in [6, 6.07) is 0.219. The van der Waals surface area contributed by atoms with Crippen molar-refractivity contribution in [2.45, 2.75) is 32.4 Å². The third-order valence-electron chi connectivity index (χ3n) is 4.17. The van der Waals surface area contributed by atoms with Gasteiger partial charge in [0.2, 0.25) is 5.91 Å². The van der Waals surface area contributed by atoms with Gasteiger partial charge in [0.1, 0.15) is 5.82 Å². The molecule has 1 aliphatic rings. The molecule has 122 valence electrons. The van der Waals surface area contributed by atoms with E-state index in [4.69, 9.17) is 0 Å². The molecule has 0 radical (unpaired) electrons. The quantitative estimate of drug-likeness (QED) is 0.827. The van der Waals surface area contributed by atoms with Crippen molar-refractivity contribution < 1.29 is 4.79 Å². The van der Waals surface area contributed by atoms with Crippen LogP contribution in [-0.4, -0.2) is 56.7 Å². The average molecular weight is 314 g/mol. The third kappa shape index (κ3) is 3.67. The van der Waals surface area contributed by atoms with Crippen molar-refractivity contribution in [1.82, 2.24) is 24.6 Å². The van der Waals surface area contributed by atoms with E-state index in [1.54, 1.807) is 18.6 Å². The highest BCUT2D eigenvalue weighted by Gasteiger charge is 2.29. The lowest BCUT2D eigenvalue weighted by molar-refractivity contribution is -0.130. The Morgan fingerprint density at radius 1 is 1.39 bits per heavy atom. The van der Waals surface area contributed by atoms with E-state index in [2.05, 4.69) is 15.1 Å². The van der Waals surface area contributed by atoms with Gasteiger partial charge < -0.3 is 9.80 Å². The van der Waals surface area contributed by atoms with Gasteiger partial charge in [0, 0.05) is 32.2 Å². The zero-order valence-electron chi connectivity index (χ0n) is 13.6. The van der Waals surface area contributed by atoms with Crippen molar-refractivity contribution in [2.75, 3.05) is 25.0 Å². The van der Waals surface area contributed by atoms with Crippen LogP contribution in [-0.2, 0) is 11.3 Å². The van der Waals surface area contributed by atoms with Gasteiger partial charge >= 0.3 is 0 Å². The molecule has 0 bridgehead atoms. The zero-order chi connectivity index (χ0) is 16.2. The molecule has 1 fully saturated rings. The lowest BCUT2D eigenvalue weighted by Gasteiger charge is -2.27. The van der Waals surface area contributed by atoms with Gasteiger partial charge in [-0.1, -0.05) is 0 Å². The average Bonchev–Trinajstić information content (AvgIpc) is 3.17. The first kappa shape index (κ1) is 15.5. The third-order valence-corrected chi connectivity index (χ3v) is 4.17. The van der Waals surface area contributed by atoms with Crippen LogP contribution in [0.3, 0.4) is 0 Å². The lowest BCUT2D eigenvalue weighted by Crippen LogP contribution is -2.43. The Labute approximate surface area is 135 Å². The SMILES string of the molecule is Cc1cnn(CC2CCCN2C(=O)CN(C)c2cnccn2)c1. The van der Waals surface area contributed by atoms with Gasteiger partial charge in [0.15, 0.2) is 0 Å². The molecule has 1 unspecified atom stereocenters. The number of anilines is 1. The van der Waals surface area contributed by atoms with Crippen LogP contribution in [0.5, 0.6) is 0 Å². The van der Waals surface area contributed by atoms with Gasteiger partial charge in [-0.3, -0.25) is 14.5 Å². The molecule has 7 nitrogen and oxygen atoms in total. The first-order valence-electron chi connectivity index (χ1n) is 7.89. The number of carbonyl (C=O) groups excluding carboxylic acids is 1. The Kier molecular flexibility index (Phi) is 4.55. The van der Waals surface area contributed by atoms with E-state index in [1.165, 1.54) is 0 Å². The number of nitrogens with zero attached hydrogens (tertiary/aromatic N) is 6. The van der Waals surface area contributed by atoms with Crippen LogP contribution >= 0.6 is 0 Å². The molecule has 1 atom stereocenters. The summed E-state index contributed by atoms with van der Waals surface area (Å²) in [4.78, 5) is 24.7. The van der Waals surface area contributed by atoms with E-state index >= 15 is 0 Å². The summed E-state index contributed by atoms with van der Waals surface area (Å²) < 4.78 is 1.93. The normalized spacial score (nSPS) is 17.5. The summed E-state index contributed by atoms with van der Waals surface area (Å²) in [5.41, 5.74) is 1.14. The number of likely N-dealkylation sites (tertiary alicyclic amines) is 1. The van der Waals surface area contributed by atoms with Crippen molar-refractivity contribution in [3.8, 4) is 0 Å². The van der Waals surface area contributed by atoms with Crippen LogP contribution in [0.1, 0.15) is 18.4 Å². The molecular weight excluding hydrogens is 292 g/mol. The standard InChI is InChI=1S/C16H22N6O/c1-13-8-19-21(10-13)11-14-4-3-7-22(14)16(23)12-20(2)15-9-17-5-6-18-15/h5-6,8-10,14H,3-4,7,11-12H2,1-2H3. The molecule has 3 rings (SSSR count). The van der Waals surface area contributed by atoms with E-state index in [-0.39, 0.29) is 11.9 Å². The second-order valence-electron chi connectivity index (χ2n) is 6.04. The molecule has 0 spiro atoms. The summed E-state index contributed by atoms with van der Waals surface area (Å²) in [7, 11) is 1.86. The van der Waals surface area contributed by atoms with E-state index in [0.29, 0.717) is 12.4 Å². The van der Waals surface area contributed by atoms with Crippen molar-refractivity contribution >= 4 is 11.7 Å². The van der Waals surface area contributed by atoms with Crippen molar-refractivity contribution in [2.24, 2.45) is 0 Å².